The van der Waals surface area contributed by atoms with Gasteiger partial charge in [-0.15, -0.1) is 11.3 Å². The molecule has 1 aromatic carbocycles. The molecule has 4 aromatic rings. The highest BCUT2D eigenvalue weighted by molar-refractivity contribution is 7.13. The lowest BCUT2D eigenvalue weighted by Crippen LogP contribution is -2.13. The smallest absolute Gasteiger partial charge is 0.271 e. The van der Waals surface area contributed by atoms with E-state index in [4.69, 9.17) is 4.98 Å². The topological polar surface area (TPSA) is 103 Å². The Hall–Kier alpha value is -3.59. The summed E-state index contributed by atoms with van der Waals surface area (Å²) in [4.78, 5) is 29.2. The molecule has 9 heteroatoms. The standard InChI is InChI=1S/C20H17N5O3S/c1-12(2)24-19-16(11-21-24)15(10-17(23-19)18-7-4-8-29-18)20(26)22-13-5-3-6-14(9-13)25(27)28/h3-12H,1-2H3,(H,22,26). The van der Waals surface area contributed by atoms with Crippen LogP contribution in [0, 0.1) is 10.1 Å². The van der Waals surface area contributed by atoms with Gasteiger partial charge in [-0.25, -0.2) is 9.67 Å². The highest BCUT2D eigenvalue weighted by Crippen LogP contribution is 2.29. The molecule has 8 nitrogen and oxygen atoms in total. The summed E-state index contributed by atoms with van der Waals surface area (Å²) >= 11 is 1.53. The monoisotopic (exact) mass is 407 g/mol. The minimum Gasteiger partial charge on any atom is -0.322 e. The van der Waals surface area contributed by atoms with E-state index in [1.807, 2.05) is 31.4 Å². The second-order valence-corrected chi connectivity index (χ2v) is 7.66. The van der Waals surface area contributed by atoms with Crippen LogP contribution in [0.4, 0.5) is 11.4 Å². The van der Waals surface area contributed by atoms with Crippen LogP contribution in [0.2, 0.25) is 0 Å². The van der Waals surface area contributed by atoms with Gasteiger partial charge in [0.05, 0.1) is 32.6 Å². The van der Waals surface area contributed by atoms with Gasteiger partial charge in [0.15, 0.2) is 5.65 Å². The van der Waals surface area contributed by atoms with Crippen LogP contribution in [0.3, 0.4) is 0 Å². The van der Waals surface area contributed by atoms with Crippen molar-refractivity contribution >= 4 is 39.7 Å². The van der Waals surface area contributed by atoms with Gasteiger partial charge in [0.25, 0.3) is 11.6 Å². The lowest BCUT2D eigenvalue weighted by molar-refractivity contribution is -0.384. The quantitative estimate of drug-likeness (QED) is 0.374. The molecule has 0 aliphatic heterocycles. The largest absolute Gasteiger partial charge is 0.322 e. The molecule has 0 unspecified atom stereocenters. The molecule has 0 bridgehead atoms. The van der Waals surface area contributed by atoms with Crippen LogP contribution >= 0.6 is 11.3 Å². The number of fused-ring (bicyclic) bond motifs is 1. The molecule has 0 atom stereocenters. The summed E-state index contributed by atoms with van der Waals surface area (Å²) in [5, 5.41) is 20.7. The molecular formula is C20H17N5O3S. The Balaban J connectivity index is 1.80. The lowest BCUT2D eigenvalue weighted by atomic mass is 10.1. The Labute approximate surface area is 170 Å². The van der Waals surface area contributed by atoms with Crippen molar-refractivity contribution in [3.05, 3.63) is 69.7 Å². The molecular weight excluding hydrogens is 390 g/mol. The molecule has 29 heavy (non-hydrogen) atoms. The van der Waals surface area contributed by atoms with E-state index in [2.05, 4.69) is 10.4 Å². The van der Waals surface area contributed by atoms with Crippen LogP contribution in [-0.2, 0) is 0 Å². The first-order valence-electron chi connectivity index (χ1n) is 8.92. The first-order valence-corrected chi connectivity index (χ1v) is 9.80. The number of aromatic nitrogens is 3. The minimum absolute atomic E-state index is 0.0752. The zero-order valence-electron chi connectivity index (χ0n) is 15.7. The van der Waals surface area contributed by atoms with Gasteiger partial charge >= 0.3 is 0 Å². The van der Waals surface area contributed by atoms with E-state index in [-0.39, 0.29) is 17.6 Å². The summed E-state index contributed by atoms with van der Waals surface area (Å²) in [6.07, 6.45) is 1.63. The Kier molecular flexibility index (Phi) is 4.81. The predicted molar refractivity (Wildman–Crippen MR) is 112 cm³/mol. The van der Waals surface area contributed by atoms with Gasteiger partial charge in [0, 0.05) is 23.9 Å². The lowest BCUT2D eigenvalue weighted by Gasteiger charge is -2.10. The Bertz CT molecular complexity index is 1210. The average molecular weight is 407 g/mol. The van der Waals surface area contributed by atoms with E-state index >= 15 is 0 Å². The average Bonchev–Trinajstić information content (AvgIpc) is 3.37. The van der Waals surface area contributed by atoms with Crippen LogP contribution in [0.1, 0.15) is 30.2 Å². The van der Waals surface area contributed by atoms with E-state index in [1.165, 1.54) is 29.5 Å². The predicted octanol–water partition coefficient (Wildman–Crippen LogP) is 4.90. The number of nitrogens with zero attached hydrogens (tertiary/aromatic N) is 4. The van der Waals surface area contributed by atoms with Gasteiger partial charge in [0.2, 0.25) is 0 Å². The number of hydrogen-bond acceptors (Lipinski definition) is 6. The van der Waals surface area contributed by atoms with Gasteiger partial charge in [0.1, 0.15) is 0 Å². The zero-order valence-corrected chi connectivity index (χ0v) is 16.5. The maximum atomic E-state index is 13.1. The molecule has 4 rings (SSSR count). The molecule has 1 amide bonds. The number of pyridine rings is 1. The number of thiophene rings is 1. The number of carbonyl (C=O) groups is 1. The number of amides is 1. The number of carbonyl (C=O) groups excluding carboxylic acids is 1. The SMILES string of the molecule is CC(C)n1ncc2c(C(=O)Nc3cccc([N+](=O)[O-])c3)cc(-c3cccs3)nc21. The van der Waals surface area contributed by atoms with E-state index < -0.39 is 4.92 Å². The van der Waals surface area contributed by atoms with E-state index in [1.54, 1.807) is 23.0 Å². The maximum absolute atomic E-state index is 13.1. The summed E-state index contributed by atoms with van der Waals surface area (Å²) in [6, 6.07) is 11.5. The minimum atomic E-state index is -0.498. The number of nitro benzene ring substituents is 1. The van der Waals surface area contributed by atoms with Crippen LogP contribution in [0.15, 0.2) is 54.0 Å². The number of hydrogen-bond donors (Lipinski definition) is 1. The van der Waals surface area contributed by atoms with Crippen molar-refractivity contribution in [1.29, 1.82) is 0 Å². The number of benzene rings is 1. The fourth-order valence-electron chi connectivity index (χ4n) is 3.03. The van der Waals surface area contributed by atoms with Gasteiger partial charge in [-0.1, -0.05) is 12.1 Å². The molecule has 0 aliphatic rings. The Morgan fingerprint density at radius 2 is 2.07 bits per heavy atom. The summed E-state index contributed by atoms with van der Waals surface area (Å²) in [5.41, 5.74) is 1.98. The van der Waals surface area contributed by atoms with Crippen molar-refractivity contribution in [3.63, 3.8) is 0 Å². The van der Waals surface area contributed by atoms with E-state index in [0.717, 1.165) is 4.88 Å². The van der Waals surface area contributed by atoms with Gasteiger partial charge in [-0.05, 0) is 37.4 Å². The Morgan fingerprint density at radius 3 is 2.76 bits per heavy atom. The van der Waals surface area contributed by atoms with Crippen molar-refractivity contribution < 1.29 is 9.72 Å². The van der Waals surface area contributed by atoms with Crippen LogP contribution in [-0.4, -0.2) is 25.6 Å². The fourth-order valence-corrected chi connectivity index (χ4v) is 3.72. The highest BCUT2D eigenvalue weighted by atomic mass is 32.1. The normalized spacial score (nSPS) is 11.1. The van der Waals surface area contributed by atoms with Crippen molar-refractivity contribution in [2.75, 3.05) is 5.32 Å². The van der Waals surface area contributed by atoms with Crippen LogP contribution < -0.4 is 5.32 Å². The number of nitro groups is 1. The maximum Gasteiger partial charge on any atom is 0.271 e. The summed E-state index contributed by atoms with van der Waals surface area (Å²) in [5.74, 6) is -0.376. The summed E-state index contributed by atoms with van der Waals surface area (Å²) in [7, 11) is 0. The summed E-state index contributed by atoms with van der Waals surface area (Å²) < 4.78 is 1.77. The first-order chi connectivity index (χ1) is 13.9. The zero-order chi connectivity index (χ0) is 20.5. The van der Waals surface area contributed by atoms with Gasteiger partial charge < -0.3 is 5.32 Å². The molecule has 0 fully saturated rings. The molecule has 0 saturated carbocycles. The van der Waals surface area contributed by atoms with Crippen molar-refractivity contribution in [2.45, 2.75) is 19.9 Å². The van der Waals surface area contributed by atoms with Gasteiger partial charge in [-0.3, -0.25) is 14.9 Å². The molecule has 1 N–H and O–H groups in total. The molecule has 0 aliphatic carbocycles. The van der Waals surface area contributed by atoms with E-state index in [9.17, 15) is 14.9 Å². The molecule has 3 heterocycles. The number of nitrogens with one attached hydrogen (secondary N) is 1. The second-order valence-electron chi connectivity index (χ2n) is 6.71. The number of non-ortho nitro benzene ring substituents is 1. The highest BCUT2D eigenvalue weighted by Gasteiger charge is 2.19. The van der Waals surface area contributed by atoms with Crippen molar-refractivity contribution in [2.24, 2.45) is 0 Å². The van der Waals surface area contributed by atoms with Crippen LogP contribution in [0.5, 0.6) is 0 Å². The second kappa shape index (κ2) is 7.44. The molecule has 0 radical (unpaired) electrons. The van der Waals surface area contributed by atoms with Crippen LogP contribution in [0.25, 0.3) is 21.6 Å². The Morgan fingerprint density at radius 1 is 1.24 bits per heavy atom. The molecule has 0 saturated heterocycles. The molecule has 3 aromatic heterocycles. The third kappa shape index (κ3) is 3.59. The van der Waals surface area contributed by atoms with Crippen molar-refractivity contribution in [3.8, 4) is 10.6 Å². The number of rotatable bonds is 5. The third-order valence-electron chi connectivity index (χ3n) is 4.39. The first kappa shape index (κ1) is 18.8. The summed E-state index contributed by atoms with van der Waals surface area (Å²) in [6.45, 7) is 3.99. The third-order valence-corrected chi connectivity index (χ3v) is 5.28. The molecule has 0 spiro atoms. The van der Waals surface area contributed by atoms with Crippen molar-refractivity contribution in [1.82, 2.24) is 14.8 Å². The number of anilines is 1. The van der Waals surface area contributed by atoms with E-state index in [0.29, 0.717) is 28.0 Å². The fraction of sp³-hybridized carbons (Fsp3) is 0.150. The van der Waals surface area contributed by atoms with Gasteiger partial charge in [-0.2, -0.15) is 5.10 Å². The molecule has 146 valence electrons.